The van der Waals surface area contributed by atoms with Gasteiger partial charge >= 0.3 is 18.4 Å². The van der Waals surface area contributed by atoms with E-state index in [0.717, 1.165) is 10.7 Å². The maximum Gasteiger partial charge on any atom is 0.435 e. The van der Waals surface area contributed by atoms with E-state index in [4.69, 9.17) is 15.2 Å². The minimum absolute atomic E-state index is 0.0289. The first-order valence-corrected chi connectivity index (χ1v) is 15.4. The summed E-state index contributed by atoms with van der Waals surface area (Å²) in [5.41, 5.74) is 4.76. The molecule has 1 unspecified atom stereocenters. The highest BCUT2D eigenvalue weighted by molar-refractivity contribution is 6.03. The number of carbonyl (C=O) groups excluding carboxylic acids is 3. The molecular formula is C35H38F4N6O5. The SMILES string of the molecule is CC(C)(C)OC(=O)NCc1cccc(-n2nc(C(F)(F)F)cc2C(=O)Nc2cc(C(N)c3ccc(NC(=O)OC(C)(C)C)cc3)ccc2F)c1. The monoisotopic (exact) mass is 698 g/mol. The van der Waals surface area contributed by atoms with Gasteiger partial charge in [0.05, 0.1) is 17.4 Å². The molecule has 0 radical (unpaired) electrons. The van der Waals surface area contributed by atoms with Crippen molar-refractivity contribution in [1.29, 1.82) is 0 Å². The highest BCUT2D eigenvalue weighted by Gasteiger charge is 2.36. The van der Waals surface area contributed by atoms with Crippen LogP contribution in [-0.4, -0.2) is 39.1 Å². The van der Waals surface area contributed by atoms with Crippen LogP contribution < -0.4 is 21.7 Å². The lowest BCUT2D eigenvalue weighted by molar-refractivity contribution is -0.141. The van der Waals surface area contributed by atoms with Gasteiger partial charge in [-0.15, -0.1) is 0 Å². The number of alkyl halides is 3. The first-order valence-electron chi connectivity index (χ1n) is 15.4. The number of rotatable bonds is 8. The number of hydrogen-bond acceptors (Lipinski definition) is 7. The minimum Gasteiger partial charge on any atom is -0.444 e. The largest absolute Gasteiger partial charge is 0.444 e. The second-order valence-electron chi connectivity index (χ2n) is 13.3. The predicted molar refractivity (Wildman–Crippen MR) is 178 cm³/mol. The van der Waals surface area contributed by atoms with Gasteiger partial charge in [-0.05, 0) is 94.6 Å². The van der Waals surface area contributed by atoms with Crippen LogP contribution in [0.5, 0.6) is 0 Å². The van der Waals surface area contributed by atoms with E-state index < -0.39 is 58.7 Å². The highest BCUT2D eigenvalue weighted by Crippen LogP contribution is 2.31. The topological polar surface area (TPSA) is 150 Å². The van der Waals surface area contributed by atoms with Crippen molar-refractivity contribution >= 4 is 29.5 Å². The van der Waals surface area contributed by atoms with Crippen molar-refractivity contribution in [3.63, 3.8) is 0 Å². The van der Waals surface area contributed by atoms with Crippen LogP contribution in [0, 0.1) is 5.82 Å². The molecule has 15 heteroatoms. The number of amides is 3. The quantitative estimate of drug-likeness (QED) is 0.138. The number of aromatic nitrogens is 2. The second kappa shape index (κ2) is 14.6. The zero-order valence-corrected chi connectivity index (χ0v) is 28.2. The average molecular weight is 699 g/mol. The van der Waals surface area contributed by atoms with Gasteiger partial charge in [0.2, 0.25) is 0 Å². The van der Waals surface area contributed by atoms with E-state index in [-0.39, 0.29) is 17.9 Å². The number of nitrogens with zero attached hydrogens (tertiary/aromatic N) is 2. The van der Waals surface area contributed by atoms with Gasteiger partial charge in [-0.25, -0.2) is 18.7 Å². The Hall–Kier alpha value is -5.44. The molecule has 0 saturated heterocycles. The number of benzene rings is 3. The lowest BCUT2D eigenvalue weighted by Crippen LogP contribution is -2.32. The Balaban J connectivity index is 1.56. The van der Waals surface area contributed by atoms with Crippen LogP contribution in [0.3, 0.4) is 0 Å². The first kappa shape index (κ1) is 37.4. The summed E-state index contributed by atoms with van der Waals surface area (Å²) in [5, 5.41) is 11.1. The van der Waals surface area contributed by atoms with Crippen molar-refractivity contribution < 1.29 is 41.4 Å². The molecule has 11 nitrogen and oxygen atoms in total. The van der Waals surface area contributed by atoms with Crippen LogP contribution >= 0.6 is 0 Å². The van der Waals surface area contributed by atoms with E-state index in [0.29, 0.717) is 28.4 Å². The Labute approximate surface area is 286 Å². The fourth-order valence-electron chi connectivity index (χ4n) is 4.57. The van der Waals surface area contributed by atoms with E-state index in [1.165, 1.54) is 30.3 Å². The summed E-state index contributed by atoms with van der Waals surface area (Å²) >= 11 is 0. The Morgan fingerprint density at radius 2 is 1.44 bits per heavy atom. The molecular weight excluding hydrogens is 660 g/mol. The molecule has 0 aliphatic heterocycles. The minimum atomic E-state index is -4.90. The van der Waals surface area contributed by atoms with Gasteiger partial charge in [0, 0.05) is 18.3 Å². The Morgan fingerprint density at radius 3 is 2.06 bits per heavy atom. The third-order valence-electron chi connectivity index (χ3n) is 6.74. The number of ether oxygens (including phenoxy) is 2. The smallest absolute Gasteiger partial charge is 0.435 e. The molecule has 3 amide bonds. The fraction of sp³-hybridized carbons (Fsp3) is 0.314. The highest BCUT2D eigenvalue weighted by atomic mass is 19.4. The van der Waals surface area contributed by atoms with Crippen LogP contribution in [0.2, 0.25) is 0 Å². The summed E-state index contributed by atoms with van der Waals surface area (Å²) in [6.45, 7) is 10.3. The zero-order chi connectivity index (χ0) is 37.0. The number of nitrogens with two attached hydrogens (primary N) is 1. The van der Waals surface area contributed by atoms with Gasteiger partial charge in [0.25, 0.3) is 5.91 Å². The van der Waals surface area contributed by atoms with E-state index in [2.05, 4.69) is 21.0 Å². The van der Waals surface area contributed by atoms with Gasteiger partial charge < -0.3 is 25.8 Å². The van der Waals surface area contributed by atoms with Crippen LogP contribution in [0.15, 0.2) is 72.8 Å². The van der Waals surface area contributed by atoms with Crippen molar-refractivity contribution in [2.75, 3.05) is 10.6 Å². The normalized spacial score (nSPS) is 12.5. The lowest BCUT2D eigenvalue weighted by Gasteiger charge is -2.20. The lowest BCUT2D eigenvalue weighted by atomic mass is 9.98. The van der Waals surface area contributed by atoms with E-state index >= 15 is 0 Å². The molecule has 266 valence electrons. The number of halogens is 4. The van der Waals surface area contributed by atoms with Crippen molar-refractivity contribution in [2.45, 2.75) is 71.5 Å². The number of alkyl carbamates (subject to hydrolysis) is 1. The summed E-state index contributed by atoms with van der Waals surface area (Å²) in [4.78, 5) is 37.6. The Morgan fingerprint density at radius 1 is 0.820 bits per heavy atom. The van der Waals surface area contributed by atoms with Gasteiger partial charge in [0.15, 0.2) is 5.69 Å². The van der Waals surface area contributed by atoms with Crippen molar-refractivity contribution in [3.05, 3.63) is 107 Å². The summed E-state index contributed by atoms with van der Waals surface area (Å²) in [5.74, 6) is -1.93. The molecule has 1 heterocycles. The number of anilines is 2. The summed E-state index contributed by atoms with van der Waals surface area (Å²) < 4.78 is 67.5. The third-order valence-corrected chi connectivity index (χ3v) is 6.74. The summed E-state index contributed by atoms with van der Waals surface area (Å²) in [6, 6.07) is 16.0. The maximum atomic E-state index is 15.0. The number of carbonyl (C=O) groups is 3. The molecule has 1 aromatic heterocycles. The summed E-state index contributed by atoms with van der Waals surface area (Å²) in [6.07, 6.45) is -6.23. The molecule has 0 bridgehead atoms. The number of hydrogen-bond donors (Lipinski definition) is 4. The van der Waals surface area contributed by atoms with Crippen LogP contribution in [-0.2, 0) is 22.2 Å². The molecule has 0 aliphatic carbocycles. The van der Waals surface area contributed by atoms with E-state index in [1.54, 1.807) is 71.9 Å². The van der Waals surface area contributed by atoms with Crippen LogP contribution in [0.1, 0.15) is 80.5 Å². The van der Waals surface area contributed by atoms with Crippen LogP contribution in [0.4, 0.5) is 38.5 Å². The second-order valence-corrected chi connectivity index (χ2v) is 13.3. The third kappa shape index (κ3) is 10.3. The van der Waals surface area contributed by atoms with Gasteiger partial charge in [-0.1, -0.05) is 30.3 Å². The first-order chi connectivity index (χ1) is 23.2. The molecule has 0 spiro atoms. The van der Waals surface area contributed by atoms with Gasteiger partial charge in [0.1, 0.15) is 22.7 Å². The summed E-state index contributed by atoms with van der Waals surface area (Å²) in [7, 11) is 0. The number of nitrogens with one attached hydrogen (secondary N) is 3. The van der Waals surface area contributed by atoms with Crippen LogP contribution in [0.25, 0.3) is 5.69 Å². The fourth-order valence-corrected chi connectivity index (χ4v) is 4.57. The molecule has 0 saturated carbocycles. The Kier molecular flexibility index (Phi) is 10.9. The Bertz CT molecular complexity index is 1860. The van der Waals surface area contributed by atoms with Gasteiger partial charge in [-0.2, -0.15) is 18.3 Å². The van der Waals surface area contributed by atoms with Crippen molar-refractivity contribution in [1.82, 2.24) is 15.1 Å². The molecule has 50 heavy (non-hydrogen) atoms. The van der Waals surface area contributed by atoms with Crippen molar-refractivity contribution in [3.8, 4) is 5.69 Å². The maximum absolute atomic E-state index is 15.0. The molecule has 4 rings (SSSR count). The molecule has 4 aromatic rings. The molecule has 5 N–H and O–H groups in total. The molecule has 1 atom stereocenters. The van der Waals surface area contributed by atoms with E-state index in [9.17, 15) is 31.9 Å². The average Bonchev–Trinajstić information content (AvgIpc) is 3.46. The van der Waals surface area contributed by atoms with E-state index in [1.807, 2.05) is 0 Å². The standard InChI is InChI=1S/C35H38F4N6O5/c1-33(2,3)49-31(47)41-19-20-8-7-9-24(16-20)45-27(18-28(44-45)35(37,38)39)30(46)43-26-17-22(12-15-25(26)36)29(40)21-10-13-23(14-11-21)42-32(48)50-34(4,5)6/h7-18,29H,19,40H2,1-6H3,(H,41,47)(H,42,48)(H,43,46). The van der Waals surface area contributed by atoms with Gasteiger partial charge in [-0.3, -0.25) is 10.1 Å². The molecule has 0 aliphatic rings. The molecule has 3 aromatic carbocycles. The predicted octanol–water partition coefficient (Wildman–Crippen LogP) is 7.70. The van der Waals surface area contributed by atoms with Crippen molar-refractivity contribution in [2.24, 2.45) is 5.73 Å². The molecule has 0 fully saturated rings. The zero-order valence-electron chi connectivity index (χ0n) is 28.2.